The molecule has 0 spiro atoms. The van der Waals surface area contributed by atoms with Crippen molar-refractivity contribution >= 4 is 46.0 Å². The third-order valence-electron chi connectivity index (χ3n) is 4.33. The Morgan fingerprint density at radius 2 is 2.12 bits per heavy atom. The Hall–Kier alpha value is -1.18. The third kappa shape index (κ3) is 4.92. The van der Waals surface area contributed by atoms with Crippen LogP contribution in [0.1, 0.15) is 16.5 Å². The Morgan fingerprint density at radius 3 is 2.84 bits per heavy atom. The molecule has 1 aromatic carbocycles. The summed E-state index contributed by atoms with van der Waals surface area (Å²) >= 11 is 13.4. The lowest BCUT2D eigenvalue weighted by atomic mass is 10.2. The van der Waals surface area contributed by atoms with Gasteiger partial charge < -0.3 is 15.4 Å². The van der Waals surface area contributed by atoms with Gasteiger partial charge in [-0.3, -0.25) is 4.90 Å². The first kappa shape index (κ1) is 18.6. The number of nitrogens with one attached hydrogen (secondary N) is 2. The topological polar surface area (TPSA) is 36.5 Å². The van der Waals surface area contributed by atoms with Gasteiger partial charge in [-0.2, -0.15) is 0 Å². The minimum absolute atomic E-state index is 0.295. The van der Waals surface area contributed by atoms with Crippen molar-refractivity contribution in [3.63, 3.8) is 0 Å². The third-order valence-corrected chi connectivity index (χ3v) is 5.96. The van der Waals surface area contributed by atoms with Gasteiger partial charge in [-0.25, -0.2) is 0 Å². The second-order valence-electron chi connectivity index (χ2n) is 5.93. The number of ether oxygens (including phenoxy) is 1. The molecule has 1 saturated heterocycles. The monoisotopic (exact) mass is 395 g/mol. The normalized spacial score (nSPS) is 16.4. The van der Waals surface area contributed by atoms with Crippen molar-refractivity contribution in [3.8, 4) is 0 Å². The van der Waals surface area contributed by atoms with Crippen LogP contribution in [-0.2, 0) is 4.74 Å². The Balaban J connectivity index is 1.62. The van der Waals surface area contributed by atoms with E-state index in [1.807, 2.05) is 25.1 Å². The van der Waals surface area contributed by atoms with Gasteiger partial charge in [-0.1, -0.05) is 23.7 Å². The maximum Gasteiger partial charge on any atom is 0.170 e. The number of rotatable bonds is 5. The minimum atomic E-state index is 0.295. The number of hydrogen-bond acceptors (Lipinski definition) is 4. The van der Waals surface area contributed by atoms with E-state index in [-0.39, 0.29) is 0 Å². The van der Waals surface area contributed by atoms with E-state index in [0.29, 0.717) is 11.2 Å². The second-order valence-corrected chi connectivity index (χ2v) is 7.72. The molecule has 0 saturated carbocycles. The van der Waals surface area contributed by atoms with E-state index in [1.54, 1.807) is 11.3 Å². The lowest BCUT2D eigenvalue weighted by Crippen LogP contribution is -2.44. The molecule has 2 N–H and O–H groups in total. The van der Waals surface area contributed by atoms with Gasteiger partial charge in [0.1, 0.15) is 0 Å². The first-order chi connectivity index (χ1) is 12.1. The summed E-state index contributed by atoms with van der Waals surface area (Å²) in [6.07, 6.45) is 0. The van der Waals surface area contributed by atoms with Gasteiger partial charge in [-0.15, -0.1) is 11.3 Å². The molecular weight excluding hydrogens is 374 g/mol. The van der Waals surface area contributed by atoms with Gasteiger partial charge in [0.05, 0.1) is 19.3 Å². The summed E-state index contributed by atoms with van der Waals surface area (Å²) in [5.74, 6) is 0. The predicted octanol–water partition coefficient (Wildman–Crippen LogP) is 4.07. The molecule has 1 aliphatic rings. The Bertz CT molecular complexity index is 702. The van der Waals surface area contributed by atoms with E-state index in [1.165, 1.54) is 4.88 Å². The lowest BCUT2D eigenvalue weighted by Gasteiger charge is -2.34. The van der Waals surface area contributed by atoms with Crippen LogP contribution in [0.25, 0.3) is 0 Å². The molecule has 2 aromatic rings. The molecule has 7 heteroatoms. The van der Waals surface area contributed by atoms with Crippen molar-refractivity contribution in [2.75, 3.05) is 38.2 Å². The number of morpholine rings is 1. The zero-order valence-electron chi connectivity index (χ0n) is 14.1. The van der Waals surface area contributed by atoms with Gasteiger partial charge >= 0.3 is 0 Å². The first-order valence-corrected chi connectivity index (χ1v) is 9.97. The highest BCUT2D eigenvalue weighted by molar-refractivity contribution is 7.80. The van der Waals surface area contributed by atoms with E-state index in [2.05, 4.69) is 33.0 Å². The summed E-state index contributed by atoms with van der Waals surface area (Å²) in [4.78, 5) is 3.80. The quantitative estimate of drug-likeness (QED) is 0.746. The summed E-state index contributed by atoms with van der Waals surface area (Å²) in [5, 5.41) is 10.1. The van der Waals surface area contributed by atoms with Crippen LogP contribution in [0, 0.1) is 6.92 Å². The summed E-state index contributed by atoms with van der Waals surface area (Å²) in [6, 6.07) is 10.4. The molecule has 0 aliphatic carbocycles. The molecule has 1 fully saturated rings. The van der Waals surface area contributed by atoms with Crippen molar-refractivity contribution < 1.29 is 4.74 Å². The number of benzene rings is 1. The average molecular weight is 396 g/mol. The standard InChI is InChI=1S/C18H22ClN3OS2/c1-13-14(19)4-2-5-15(13)21-18(24)20-12-16(17-6-3-11-25-17)22-7-9-23-10-8-22/h2-6,11,16H,7-10,12H2,1H3,(H2,20,21,24)/t16-/m1/s1. The maximum absolute atomic E-state index is 6.17. The SMILES string of the molecule is Cc1c(Cl)cccc1NC(=S)NC[C@H](c1cccs1)N1CCOCC1. The number of thiophene rings is 1. The van der Waals surface area contributed by atoms with Crippen LogP contribution in [0.4, 0.5) is 5.69 Å². The van der Waals surface area contributed by atoms with Crippen LogP contribution in [-0.4, -0.2) is 42.9 Å². The van der Waals surface area contributed by atoms with Crippen LogP contribution in [0.15, 0.2) is 35.7 Å². The number of hydrogen-bond donors (Lipinski definition) is 2. The largest absolute Gasteiger partial charge is 0.379 e. The second kappa shape index (κ2) is 8.96. The molecule has 4 nitrogen and oxygen atoms in total. The highest BCUT2D eigenvalue weighted by atomic mass is 35.5. The fourth-order valence-corrected chi connectivity index (χ4v) is 4.11. The van der Waals surface area contributed by atoms with E-state index in [9.17, 15) is 0 Å². The maximum atomic E-state index is 6.17. The van der Waals surface area contributed by atoms with Crippen molar-refractivity contribution in [1.29, 1.82) is 0 Å². The number of nitrogens with zero attached hydrogens (tertiary/aromatic N) is 1. The van der Waals surface area contributed by atoms with Crippen molar-refractivity contribution in [2.24, 2.45) is 0 Å². The van der Waals surface area contributed by atoms with E-state index < -0.39 is 0 Å². The number of anilines is 1. The van der Waals surface area contributed by atoms with Gasteiger partial charge in [0.25, 0.3) is 0 Å². The Morgan fingerprint density at radius 1 is 1.32 bits per heavy atom. The first-order valence-electron chi connectivity index (χ1n) is 8.30. The van der Waals surface area contributed by atoms with Crippen LogP contribution in [0.3, 0.4) is 0 Å². The van der Waals surface area contributed by atoms with Crippen LogP contribution < -0.4 is 10.6 Å². The van der Waals surface area contributed by atoms with Gasteiger partial charge in [-0.05, 0) is 48.3 Å². The van der Waals surface area contributed by atoms with Crippen LogP contribution in [0.5, 0.6) is 0 Å². The number of thiocarbonyl (C=S) groups is 1. The Kier molecular flexibility index (Phi) is 6.67. The molecule has 1 aromatic heterocycles. The minimum Gasteiger partial charge on any atom is -0.379 e. The summed E-state index contributed by atoms with van der Waals surface area (Å²) in [7, 11) is 0. The van der Waals surface area contributed by atoms with E-state index in [0.717, 1.165) is 49.1 Å². The predicted molar refractivity (Wildman–Crippen MR) is 110 cm³/mol. The fraction of sp³-hybridized carbons (Fsp3) is 0.389. The zero-order chi connectivity index (χ0) is 17.6. The molecule has 0 bridgehead atoms. The molecule has 25 heavy (non-hydrogen) atoms. The molecule has 3 rings (SSSR count). The molecular formula is C18H22ClN3OS2. The molecule has 2 heterocycles. The lowest BCUT2D eigenvalue weighted by molar-refractivity contribution is 0.0177. The van der Waals surface area contributed by atoms with Crippen molar-refractivity contribution in [3.05, 3.63) is 51.2 Å². The van der Waals surface area contributed by atoms with E-state index in [4.69, 9.17) is 28.6 Å². The smallest absolute Gasteiger partial charge is 0.170 e. The molecule has 0 radical (unpaired) electrons. The summed E-state index contributed by atoms with van der Waals surface area (Å²) in [6.45, 7) is 6.19. The van der Waals surface area contributed by atoms with Gasteiger partial charge in [0.15, 0.2) is 5.11 Å². The average Bonchev–Trinajstić information content (AvgIpc) is 3.14. The van der Waals surface area contributed by atoms with Crippen LogP contribution in [0.2, 0.25) is 5.02 Å². The van der Waals surface area contributed by atoms with Crippen LogP contribution >= 0.6 is 35.2 Å². The highest BCUT2D eigenvalue weighted by Crippen LogP contribution is 2.26. The number of halogens is 1. The zero-order valence-corrected chi connectivity index (χ0v) is 16.5. The summed E-state index contributed by atoms with van der Waals surface area (Å²) in [5.41, 5.74) is 1.93. The fourth-order valence-electron chi connectivity index (χ4n) is 2.88. The molecule has 0 unspecified atom stereocenters. The van der Waals surface area contributed by atoms with E-state index >= 15 is 0 Å². The molecule has 0 amide bonds. The highest BCUT2D eigenvalue weighted by Gasteiger charge is 2.23. The molecule has 1 aliphatic heterocycles. The summed E-state index contributed by atoms with van der Waals surface area (Å²) < 4.78 is 5.49. The van der Waals surface area contributed by atoms with Gasteiger partial charge in [0, 0.05) is 35.2 Å². The van der Waals surface area contributed by atoms with Crippen molar-refractivity contribution in [2.45, 2.75) is 13.0 Å². The molecule has 134 valence electrons. The molecule has 1 atom stereocenters. The van der Waals surface area contributed by atoms with Gasteiger partial charge in [0.2, 0.25) is 0 Å². The Labute approximate surface area is 163 Å². The van der Waals surface area contributed by atoms with Crippen molar-refractivity contribution in [1.82, 2.24) is 10.2 Å².